The zero-order valence-corrected chi connectivity index (χ0v) is 17.0. The average molecular weight is 415 g/mol. The third-order valence-corrected chi connectivity index (χ3v) is 5.03. The number of rotatable bonds is 10. The van der Waals surface area contributed by atoms with Gasteiger partial charge in [-0.3, -0.25) is 4.79 Å². The van der Waals surface area contributed by atoms with Crippen molar-refractivity contribution in [2.45, 2.75) is 32.6 Å². The van der Waals surface area contributed by atoms with Gasteiger partial charge in [-0.2, -0.15) is 0 Å². The van der Waals surface area contributed by atoms with Crippen molar-refractivity contribution in [1.29, 1.82) is 0 Å². The Hall–Kier alpha value is -2.86. The van der Waals surface area contributed by atoms with E-state index in [9.17, 15) is 14.9 Å². The predicted octanol–water partition coefficient (Wildman–Crippen LogP) is 5.26. The number of halogens is 1. The highest BCUT2D eigenvalue weighted by Crippen LogP contribution is 2.30. The van der Waals surface area contributed by atoms with Gasteiger partial charge in [-0.25, -0.2) is 10.1 Å². The van der Waals surface area contributed by atoms with Crippen LogP contribution >= 0.6 is 11.6 Å². The summed E-state index contributed by atoms with van der Waals surface area (Å²) in [5, 5.41) is 11.9. The summed E-state index contributed by atoms with van der Waals surface area (Å²) < 4.78 is 6.64. The summed E-state index contributed by atoms with van der Waals surface area (Å²) in [6.45, 7) is 2.53. The molecule has 7 heteroatoms. The molecule has 0 saturated carbocycles. The Bertz CT molecular complexity index is 1010. The Morgan fingerprint density at radius 3 is 2.52 bits per heavy atom. The van der Waals surface area contributed by atoms with Crippen molar-refractivity contribution in [2.24, 2.45) is 0 Å². The summed E-state index contributed by atoms with van der Waals surface area (Å²) >= 11 is 5.65. The van der Waals surface area contributed by atoms with E-state index >= 15 is 0 Å². The van der Waals surface area contributed by atoms with Gasteiger partial charge in [0.05, 0.1) is 12.2 Å². The lowest BCUT2D eigenvalue weighted by Gasteiger charge is -2.07. The van der Waals surface area contributed by atoms with Crippen LogP contribution in [0.5, 0.6) is 5.75 Å². The number of alkyl halides is 1. The van der Waals surface area contributed by atoms with Crippen LogP contribution in [0.2, 0.25) is 0 Å². The van der Waals surface area contributed by atoms with Gasteiger partial charge in [0.1, 0.15) is 17.0 Å². The molecule has 0 aliphatic rings. The molecule has 0 N–H and O–H groups in total. The van der Waals surface area contributed by atoms with Gasteiger partial charge in [-0.1, -0.05) is 36.2 Å². The Morgan fingerprint density at radius 1 is 1.14 bits per heavy atom. The molecule has 0 aliphatic heterocycles. The van der Waals surface area contributed by atoms with Crippen LogP contribution in [0.1, 0.15) is 47.8 Å². The molecule has 0 unspecified atom stereocenters. The summed E-state index contributed by atoms with van der Waals surface area (Å²) in [5.74, 6) is 0.961. The van der Waals surface area contributed by atoms with E-state index in [-0.39, 0.29) is 5.78 Å². The number of para-hydroxylation sites is 1. The van der Waals surface area contributed by atoms with Crippen molar-refractivity contribution >= 4 is 28.3 Å². The van der Waals surface area contributed by atoms with Crippen LogP contribution in [0.15, 0.2) is 48.5 Å². The number of nitrogens with zero attached hydrogens (tertiary/aromatic N) is 2. The summed E-state index contributed by atoms with van der Waals surface area (Å²) in [5.41, 5.74) is 1.76. The maximum atomic E-state index is 13.4. The smallest absolute Gasteiger partial charge is 0.195 e. The quantitative estimate of drug-likeness (QED) is 0.149. The summed E-state index contributed by atoms with van der Waals surface area (Å²) in [4.78, 5) is 25.1. The number of unbranched alkanes of at least 4 members (excludes halogenated alkanes) is 1. The second-order valence-corrected chi connectivity index (χ2v) is 7.11. The number of benzene rings is 2. The van der Waals surface area contributed by atoms with Gasteiger partial charge in [0, 0.05) is 16.8 Å². The number of hydrogen-bond donors (Lipinski definition) is 0. The van der Waals surface area contributed by atoms with Crippen LogP contribution < -0.4 is 4.74 Å². The van der Waals surface area contributed by atoms with E-state index in [2.05, 4.69) is 0 Å². The van der Waals surface area contributed by atoms with Crippen LogP contribution in [0.3, 0.4) is 0 Å². The molecule has 0 aliphatic carbocycles. The first-order valence-electron chi connectivity index (χ1n) is 9.69. The lowest BCUT2D eigenvalue weighted by Crippen LogP contribution is -2.14. The normalized spacial score (nSPS) is 11.0. The topological polar surface area (TPSA) is 74.4 Å². The molecule has 0 fully saturated rings. The van der Waals surface area contributed by atoms with E-state index in [0.717, 1.165) is 23.9 Å². The van der Waals surface area contributed by atoms with Crippen LogP contribution in [-0.2, 0) is 6.42 Å². The fourth-order valence-electron chi connectivity index (χ4n) is 3.38. The van der Waals surface area contributed by atoms with E-state index in [1.54, 1.807) is 48.5 Å². The number of ketones is 1. The molecule has 0 amide bonds. The molecule has 0 radical (unpaired) electrons. The Morgan fingerprint density at radius 2 is 1.86 bits per heavy atom. The van der Waals surface area contributed by atoms with Crippen molar-refractivity contribution in [2.75, 3.05) is 12.5 Å². The van der Waals surface area contributed by atoms with E-state index < -0.39 is 5.03 Å². The SMILES string of the molecule is CCCCc1c(C(=O)c2ccc(OCCCCl)cc2)c2ccccc2n1[N+](=O)[O-]. The van der Waals surface area contributed by atoms with Crippen LogP contribution in [0.25, 0.3) is 10.9 Å². The second-order valence-electron chi connectivity index (χ2n) is 6.74. The zero-order chi connectivity index (χ0) is 20.8. The van der Waals surface area contributed by atoms with E-state index in [4.69, 9.17) is 16.3 Å². The number of fused-ring (bicyclic) bond motifs is 1. The minimum absolute atomic E-state index is 0.222. The molecular formula is C22H23ClN2O4. The number of carbonyl (C=O) groups excluding carboxylic acids is 1. The molecule has 1 heterocycles. The predicted molar refractivity (Wildman–Crippen MR) is 114 cm³/mol. The molecule has 3 rings (SSSR count). The lowest BCUT2D eigenvalue weighted by atomic mass is 9.98. The number of ether oxygens (including phenoxy) is 1. The Kier molecular flexibility index (Phi) is 6.88. The molecule has 29 heavy (non-hydrogen) atoms. The highest BCUT2D eigenvalue weighted by molar-refractivity contribution is 6.18. The van der Waals surface area contributed by atoms with Gasteiger partial charge in [0.25, 0.3) is 0 Å². The van der Waals surface area contributed by atoms with Crippen molar-refractivity contribution in [1.82, 2.24) is 4.68 Å². The average Bonchev–Trinajstić information content (AvgIpc) is 3.06. The molecule has 2 aromatic carbocycles. The number of carbonyl (C=O) groups is 1. The third-order valence-electron chi connectivity index (χ3n) is 4.77. The molecule has 0 bridgehead atoms. The Labute approximate surface area is 174 Å². The monoisotopic (exact) mass is 414 g/mol. The number of nitro groups is 1. The zero-order valence-electron chi connectivity index (χ0n) is 16.3. The van der Waals surface area contributed by atoms with E-state index in [1.165, 1.54) is 0 Å². The molecule has 0 saturated heterocycles. The molecule has 1 aromatic heterocycles. The van der Waals surface area contributed by atoms with Crippen LogP contribution in [-0.4, -0.2) is 28.0 Å². The number of hydrogen-bond acceptors (Lipinski definition) is 4. The van der Waals surface area contributed by atoms with Gasteiger partial charge in [-0.05, 0) is 49.6 Å². The Balaban J connectivity index is 2.03. The largest absolute Gasteiger partial charge is 0.494 e. The van der Waals surface area contributed by atoms with Crippen molar-refractivity contribution in [3.8, 4) is 5.75 Å². The van der Waals surface area contributed by atoms with Crippen LogP contribution in [0, 0.1) is 10.1 Å². The second kappa shape index (κ2) is 9.56. The van der Waals surface area contributed by atoms with Crippen molar-refractivity contribution in [3.05, 3.63) is 75.5 Å². The maximum Gasteiger partial charge on any atom is 0.195 e. The molecule has 3 aromatic rings. The maximum absolute atomic E-state index is 13.4. The minimum atomic E-state index is -0.447. The van der Waals surface area contributed by atoms with Gasteiger partial charge in [0.15, 0.2) is 10.8 Å². The first-order valence-corrected chi connectivity index (χ1v) is 10.2. The van der Waals surface area contributed by atoms with Crippen molar-refractivity contribution < 1.29 is 14.6 Å². The first kappa shape index (κ1) is 20.9. The van der Waals surface area contributed by atoms with Gasteiger partial charge in [0.2, 0.25) is 0 Å². The van der Waals surface area contributed by atoms with Gasteiger partial charge in [-0.15, -0.1) is 11.6 Å². The molecule has 0 atom stereocenters. The fourth-order valence-corrected chi connectivity index (χ4v) is 3.49. The molecule has 0 spiro atoms. The third kappa shape index (κ3) is 4.43. The molecular weight excluding hydrogens is 392 g/mol. The molecule has 152 valence electrons. The van der Waals surface area contributed by atoms with E-state index in [0.29, 0.717) is 52.4 Å². The summed E-state index contributed by atoms with van der Waals surface area (Å²) in [7, 11) is 0. The first-order chi connectivity index (χ1) is 14.1. The lowest BCUT2D eigenvalue weighted by molar-refractivity contribution is -0.539. The molecule has 6 nitrogen and oxygen atoms in total. The van der Waals surface area contributed by atoms with Gasteiger partial charge >= 0.3 is 0 Å². The highest BCUT2D eigenvalue weighted by atomic mass is 35.5. The minimum Gasteiger partial charge on any atom is -0.494 e. The summed E-state index contributed by atoms with van der Waals surface area (Å²) in [6, 6.07) is 13.8. The summed E-state index contributed by atoms with van der Waals surface area (Å²) in [6.07, 6.45) is 2.84. The standard InChI is InChI=1S/C22H23ClN2O4/c1-2-3-8-20-21(18-7-4-5-9-19(18)24(20)25(27)28)22(26)16-10-12-17(13-11-16)29-15-6-14-23/h4-5,7,9-13H,2-3,6,8,14-15H2,1H3. The van der Waals surface area contributed by atoms with E-state index in [1.807, 2.05) is 6.92 Å². The van der Waals surface area contributed by atoms with Crippen molar-refractivity contribution in [3.63, 3.8) is 0 Å². The van der Waals surface area contributed by atoms with Crippen LogP contribution in [0.4, 0.5) is 0 Å². The van der Waals surface area contributed by atoms with Gasteiger partial charge < -0.3 is 4.74 Å². The fraction of sp³-hybridized carbons (Fsp3) is 0.318. The highest BCUT2D eigenvalue weighted by Gasteiger charge is 2.27. The number of aromatic nitrogens is 1.